The van der Waals surface area contributed by atoms with E-state index < -0.39 is 11.8 Å². The van der Waals surface area contributed by atoms with Gasteiger partial charge in [-0.2, -0.15) is 0 Å². The van der Waals surface area contributed by atoms with Crippen LogP contribution >= 0.6 is 24.0 Å². The second-order valence-electron chi connectivity index (χ2n) is 5.42. The van der Waals surface area contributed by atoms with E-state index in [1.165, 1.54) is 17.0 Å². The van der Waals surface area contributed by atoms with Crippen molar-refractivity contribution in [3.63, 3.8) is 0 Å². The molecule has 1 aromatic rings. The van der Waals surface area contributed by atoms with Crippen LogP contribution in [0.15, 0.2) is 17.0 Å². The van der Waals surface area contributed by atoms with Gasteiger partial charge in [0.2, 0.25) is 0 Å². The number of nitrogens with zero attached hydrogens (tertiary/aromatic N) is 1. The molecule has 0 bridgehead atoms. The highest BCUT2D eigenvalue weighted by atomic mass is 32.2. The Labute approximate surface area is 152 Å². The van der Waals surface area contributed by atoms with E-state index in [-0.39, 0.29) is 32.3 Å². The normalized spacial score (nSPS) is 18.4. The number of rotatable bonds is 5. The summed E-state index contributed by atoms with van der Waals surface area (Å²) in [6.07, 6.45) is 1.82. The summed E-state index contributed by atoms with van der Waals surface area (Å²) in [5.74, 6) is -1.20. The lowest BCUT2D eigenvalue weighted by Crippen LogP contribution is -2.29. The number of benzene rings is 1. The Morgan fingerprint density at radius 2 is 2.28 bits per heavy atom. The standard InChI is InChI=1S/C16H14FNO5S2/c17-11-4-9(14-10(5-11)7-22-8-23-14)6-12-15(21)18(16(24)25-12)3-1-2-13(19)20/h4-6H,1-3,7-8H2,(H,19,20)/b12-6-. The van der Waals surface area contributed by atoms with E-state index in [2.05, 4.69) is 0 Å². The van der Waals surface area contributed by atoms with Crippen molar-refractivity contribution >= 4 is 46.3 Å². The third-order valence-corrected chi connectivity index (χ3v) is 5.01. The molecule has 2 aliphatic heterocycles. The maximum Gasteiger partial charge on any atom is 0.303 e. The first-order chi connectivity index (χ1) is 12.0. The lowest BCUT2D eigenvalue weighted by atomic mass is 10.1. The largest absolute Gasteiger partial charge is 0.481 e. The van der Waals surface area contributed by atoms with E-state index in [0.717, 1.165) is 11.8 Å². The number of hydrogen-bond donors (Lipinski definition) is 1. The lowest BCUT2D eigenvalue weighted by Gasteiger charge is -2.19. The fraction of sp³-hybridized carbons (Fsp3) is 0.312. The molecule has 1 saturated heterocycles. The van der Waals surface area contributed by atoms with Gasteiger partial charge in [-0.05, 0) is 24.6 Å². The van der Waals surface area contributed by atoms with E-state index in [1.807, 2.05) is 0 Å². The summed E-state index contributed by atoms with van der Waals surface area (Å²) in [6, 6.07) is 2.63. The van der Waals surface area contributed by atoms with E-state index in [4.69, 9.17) is 26.8 Å². The van der Waals surface area contributed by atoms with E-state index in [9.17, 15) is 14.0 Å². The highest BCUT2D eigenvalue weighted by molar-refractivity contribution is 8.26. The molecule has 6 nitrogen and oxygen atoms in total. The summed E-state index contributed by atoms with van der Waals surface area (Å²) in [4.78, 5) is 24.8. The number of carboxylic acid groups (broad SMARTS) is 1. The maximum absolute atomic E-state index is 13.8. The van der Waals surface area contributed by atoms with Crippen molar-refractivity contribution in [2.75, 3.05) is 13.3 Å². The van der Waals surface area contributed by atoms with Gasteiger partial charge in [0.05, 0.1) is 11.5 Å². The van der Waals surface area contributed by atoms with Crippen LogP contribution < -0.4 is 4.74 Å². The van der Waals surface area contributed by atoms with E-state index >= 15 is 0 Å². The molecule has 0 atom stereocenters. The summed E-state index contributed by atoms with van der Waals surface area (Å²) < 4.78 is 24.7. The molecule has 0 saturated carbocycles. The first kappa shape index (κ1) is 17.8. The molecule has 0 unspecified atom stereocenters. The molecule has 1 fully saturated rings. The number of ether oxygens (including phenoxy) is 2. The predicted octanol–water partition coefficient (Wildman–Crippen LogP) is 2.76. The van der Waals surface area contributed by atoms with Crippen LogP contribution in [-0.4, -0.2) is 39.5 Å². The van der Waals surface area contributed by atoms with Crippen LogP contribution in [0.3, 0.4) is 0 Å². The molecule has 1 amide bonds. The van der Waals surface area contributed by atoms with Gasteiger partial charge in [0.1, 0.15) is 15.9 Å². The summed E-state index contributed by atoms with van der Waals surface area (Å²) in [5, 5.41) is 8.69. The zero-order valence-electron chi connectivity index (χ0n) is 13.0. The van der Waals surface area contributed by atoms with Gasteiger partial charge < -0.3 is 14.6 Å². The molecule has 1 aromatic carbocycles. The molecular weight excluding hydrogens is 369 g/mol. The van der Waals surface area contributed by atoms with Crippen molar-refractivity contribution in [2.24, 2.45) is 0 Å². The van der Waals surface area contributed by atoms with Gasteiger partial charge in [-0.3, -0.25) is 14.5 Å². The summed E-state index contributed by atoms with van der Waals surface area (Å²) in [6.45, 7) is 0.541. The van der Waals surface area contributed by atoms with Gasteiger partial charge >= 0.3 is 5.97 Å². The van der Waals surface area contributed by atoms with Gasteiger partial charge in [-0.25, -0.2) is 4.39 Å². The summed E-state index contributed by atoms with van der Waals surface area (Å²) in [5.41, 5.74) is 1.03. The Morgan fingerprint density at radius 3 is 3.04 bits per heavy atom. The van der Waals surface area contributed by atoms with Crippen molar-refractivity contribution in [3.05, 3.63) is 34.0 Å². The van der Waals surface area contributed by atoms with Gasteiger partial charge in [-0.15, -0.1) is 0 Å². The maximum atomic E-state index is 13.8. The number of halogens is 1. The molecule has 2 heterocycles. The predicted molar refractivity (Wildman–Crippen MR) is 93.4 cm³/mol. The molecule has 0 radical (unpaired) electrons. The first-order valence-electron chi connectivity index (χ1n) is 7.46. The number of thiocarbonyl (C=S) groups is 1. The molecular formula is C16H14FNO5S2. The van der Waals surface area contributed by atoms with E-state index in [1.54, 1.807) is 6.08 Å². The van der Waals surface area contributed by atoms with Crippen molar-refractivity contribution in [2.45, 2.75) is 19.4 Å². The minimum Gasteiger partial charge on any atom is -0.481 e. The minimum absolute atomic E-state index is 0.0403. The number of hydrogen-bond acceptors (Lipinski definition) is 6. The molecule has 132 valence electrons. The Hall–Kier alpha value is -1.97. The quantitative estimate of drug-likeness (QED) is 0.619. The average Bonchev–Trinajstić information content (AvgIpc) is 2.82. The Balaban J connectivity index is 1.83. The lowest BCUT2D eigenvalue weighted by molar-refractivity contribution is -0.137. The second kappa shape index (κ2) is 7.51. The van der Waals surface area contributed by atoms with Crippen LogP contribution in [0.25, 0.3) is 6.08 Å². The molecule has 0 aromatic heterocycles. The van der Waals surface area contributed by atoms with Gasteiger partial charge in [0.25, 0.3) is 5.91 Å². The van der Waals surface area contributed by atoms with Gasteiger partial charge in [-0.1, -0.05) is 24.0 Å². The number of amides is 1. The van der Waals surface area contributed by atoms with Crippen LogP contribution in [0.1, 0.15) is 24.0 Å². The Bertz CT molecular complexity index is 780. The fourth-order valence-electron chi connectivity index (χ4n) is 2.54. The second-order valence-corrected chi connectivity index (χ2v) is 7.10. The number of thioether (sulfide) groups is 1. The summed E-state index contributed by atoms with van der Waals surface area (Å²) >= 11 is 6.30. The van der Waals surface area contributed by atoms with Crippen molar-refractivity contribution in [1.82, 2.24) is 4.90 Å². The van der Waals surface area contributed by atoms with Crippen molar-refractivity contribution in [1.29, 1.82) is 0 Å². The molecule has 0 spiro atoms. The highest BCUT2D eigenvalue weighted by Crippen LogP contribution is 2.36. The zero-order chi connectivity index (χ0) is 18.0. The highest BCUT2D eigenvalue weighted by Gasteiger charge is 2.32. The third kappa shape index (κ3) is 4.00. The van der Waals surface area contributed by atoms with Crippen molar-refractivity contribution in [3.8, 4) is 5.75 Å². The van der Waals surface area contributed by atoms with Crippen LogP contribution in [0.2, 0.25) is 0 Å². The van der Waals surface area contributed by atoms with E-state index in [0.29, 0.717) is 32.5 Å². The SMILES string of the molecule is O=C(O)CCCN1C(=O)/C(=C/c2cc(F)cc3c2OCOC3)SC1=S. The summed E-state index contributed by atoms with van der Waals surface area (Å²) in [7, 11) is 0. The first-order valence-corrected chi connectivity index (χ1v) is 8.68. The smallest absolute Gasteiger partial charge is 0.303 e. The monoisotopic (exact) mass is 383 g/mol. The number of aliphatic carboxylic acids is 1. The third-order valence-electron chi connectivity index (χ3n) is 3.64. The molecule has 3 rings (SSSR count). The molecule has 9 heteroatoms. The molecule has 25 heavy (non-hydrogen) atoms. The molecule has 2 aliphatic rings. The number of carbonyl (C=O) groups excluding carboxylic acids is 1. The van der Waals surface area contributed by atoms with Crippen LogP contribution in [0.4, 0.5) is 4.39 Å². The van der Waals surface area contributed by atoms with Crippen LogP contribution in [0.5, 0.6) is 5.75 Å². The fourth-order valence-corrected chi connectivity index (χ4v) is 3.84. The van der Waals surface area contributed by atoms with Gasteiger partial charge in [0.15, 0.2) is 6.79 Å². The van der Waals surface area contributed by atoms with Gasteiger partial charge in [0, 0.05) is 24.1 Å². The van der Waals surface area contributed by atoms with Crippen LogP contribution in [-0.2, 0) is 20.9 Å². The minimum atomic E-state index is -0.924. The van der Waals surface area contributed by atoms with Crippen molar-refractivity contribution < 1.29 is 28.6 Å². The Kier molecular flexibility index (Phi) is 5.36. The average molecular weight is 383 g/mol. The molecule has 0 aliphatic carbocycles. The topological polar surface area (TPSA) is 76.1 Å². The number of carbonyl (C=O) groups is 2. The van der Waals surface area contributed by atoms with Crippen LogP contribution in [0, 0.1) is 5.82 Å². The Morgan fingerprint density at radius 1 is 1.48 bits per heavy atom. The number of carboxylic acids is 1. The molecule has 1 N–H and O–H groups in total. The number of fused-ring (bicyclic) bond motifs is 1. The zero-order valence-corrected chi connectivity index (χ0v) is 14.6.